The van der Waals surface area contributed by atoms with Crippen LogP contribution in [0.5, 0.6) is 5.75 Å². The topological polar surface area (TPSA) is 105 Å². The van der Waals surface area contributed by atoms with Gasteiger partial charge in [-0.3, -0.25) is 9.35 Å². The maximum absolute atomic E-state index is 12.1. The molecule has 7 nitrogen and oxygen atoms in total. The fourth-order valence-corrected chi connectivity index (χ4v) is 6.07. The number of carbonyl (C=O) groups is 1. The van der Waals surface area contributed by atoms with Crippen molar-refractivity contribution in [3.8, 4) is 5.75 Å². The molecule has 0 spiro atoms. The van der Waals surface area contributed by atoms with Crippen LogP contribution in [-0.2, 0) is 21.3 Å². The number of benzene rings is 1. The van der Waals surface area contributed by atoms with Crippen LogP contribution in [0.15, 0.2) is 29.3 Å². The van der Waals surface area contributed by atoms with Gasteiger partial charge in [-0.05, 0) is 45.7 Å². The molecule has 1 unspecified atom stereocenters. The van der Waals surface area contributed by atoms with E-state index in [-0.39, 0.29) is 17.5 Å². The average Bonchev–Trinajstić information content (AvgIpc) is 3.11. The van der Waals surface area contributed by atoms with Crippen LogP contribution in [0.25, 0.3) is 0 Å². The van der Waals surface area contributed by atoms with Gasteiger partial charge in [0, 0.05) is 0 Å². The molecule has 10 heteroatoms. The van der Waals surface area contributed by atoms with Gasteiger partial charge in [0.05, 0.1) is 13.0 Å². The molecule has 1 aliphatic rings. The Hall–Kier alpha value is -1.23. The van der Waals surface area contributed by atoms with E-state index in [0.717, 1.165) is 39.3 Å². The van der Waals surface area contributed by atoms with Gasteiger partial charge in [-0.15, -0.1) is 0 Å². The van der Waals surface area contributed by atoms with Crippen LogP contribution in [0, 0.1) is 0 Å². The molecule has 1 aliphatic heterocycles. The number of carbonyl (C=O) groups excluding carboxylic acids is 1. The Balaban J connectivity index is 1.70. The molecule has 28 heavy (non-hydrogen) atoms. The standard InChI is InChI=1S/C18H26N2O5S3/c1-2-3-4-5-6-7-12-25-15-10-8-14(9-11-15)13-16(21)19-17-20-18(27-26-17)28(22,23)24/h8-11,18H,2-7,12-13H2,1H3,(H,19,20,21)(H,22,23,24). The molecule has 1 aromatic carbocycles. The minimum Gasteiger partial charge on any atom is -0.494 e. The maximum atomic E-state index is 12.1. The highest BCUT2D eigenvalue weighted by atomic mass is 33.1. The van der Waals surface area contributed by atoms with Crippen LogP contribution in [0.3, 0.4) is 0 Å². The first-order valence-corrected chi connectivity index (χ1v) is 13.0. The first-order valence-electron chi connectivity index (χ1n) is 9.27. The first-order chi connectivity index (χ1) is 13.4. The Bertz CT molecular complexity index is 766. The van der Waals surface area contributed by atoms with E-state index in [4.69, 9.17) is 9.29 Å². The molecule has 156 valence electrons. The molecule has 2 rings (SSSR count). The van der Waals surface area contributed by atoms with Crippen LogP contribution < -0.4 is 10.1 Å². The highest BCUT2D eigenvalue weighted by molar-refractivity contribution is 8.84. The fourth-order valence-electron chi connectivity index (χ4n) is 2.52. The third kappa shape index (κ3) is 8.42. The van der Waals surface area contributed by atoms with E-state index in [1.807, 2.05) is 24.3 Å². The number of aliphatic imine (C=N–C) groups is 1. The van der Waals surface area contributed by atoms with Gasteiger partial charge in [0.2, 0.25) is 10.6 Å². The summed E-state index contributed by atoms with van der Waals surface area (Å²) < 4.78 is 35.4. The molecule has 0 saturated carbocycles. The predicted molar refractivity (Wildman–Crippen MR) is 115 cm³/mol. The molecule has 1 atom stereocenters. The fraction of sp³-hybridized carbons (Fsp3) is 0.556. The van der Waals surface area contributed by atoms with E-state index in [9.17, 15) is 13.2 Å². The van der Waals surface area contributed by atoms with Crippen molar-refractivity contribution >= 4 is 42.8 Å². The highest BCUT2D eigenvalue weighted by Gasteiger charge is 2.30. The summed E-state index contributed by atoms with van der Waals surface area (Å²) in [5.41, 5.74) is 0.812. The van der Waals surface area contributed by atoms with Gasteiger partial charge in [-0.2, -0.15) is 8.42 Å². The second kappa shape index (κ2) is 11.7. The Morgan fingerprint density at radius 2 is 1.86 bits per heavy atom. The third-order valence-electron chi connectivity index (χ3n) is 3.99. The predicted octanol–water partition coefficient (Wildman–Crippen LogP) is 4.01. The summed E-state index contributed by atoms with van der Waals surface area (Å²) in [7, 11) is -2.38. The lowest BCUT2D eigenvalue weighted by atomic mass is 10.1. The Labute approximate surface area is 174 Å². The summed E-state index contributed by atoms with van der Waals surface area (Å²) >= 11 is 0. The molecule has 2 N–H and O–H groups in total. The van der Waals surface area contributed by atoms with Gasteiger partial charge in [-0.1, -0.05) is 51.2 Å². The number of ether oxygens (including phenoxy) is 1. The van der Waals surface area contributed by atoms with E-state index < -0.39 is 14.8 Å². The molecule has 0 saturated heterocycles. The number of nitrogens with one attached hydrogen (secondary N) is 1. The molecule has 0 radical (unpaired) electrons. The lowest BCUT2D eigenvalue weighted by Gasteiger charge is -2.08. The highest BCUT2D eigenvalue weighted by Crippen LogP contribution is 2.37. The summed E-state index contributed by atoms with van der Waals surface area (Å²) in [5, 5.41) is 2.73. The maximum Gasteiger partial charge on any atom is 0.299 e. The van der Waals surface area contributed by atoms with Crippen molar-refractivity contribution in [2.45, 2.75) is 56.6 Å². The van der Waals surface area contributed by atoms with Crippen LogP contribution in [0.1, 0.15) is 51.0 Å². The van der Waals surface area contributed by atoms with Gasteiger partial charge >= 0.3 is 0 Å². The zero-order chi connectivity index (χ0) is 20.4. The van der Waals surface area contributed by atoms with Crippen molar-refractivity contribution < 1.29 is 22.5 Å². The number of unbranched alkanes of at least 4 members (excludes halogenated alkanes) is 5. The number of hydrogen-bond acceptors (Lipinski definition) is 7. The molecular formula is C18H26N2O5S3. The molecule has 0 aliphatic carbocycles. The minimum atomic E-state index is -4.26. The molecule has 1 heterocycles. The van der Waals surface area contributed by atoms with Gasteiger partial charge < -0.3 is 10.1 Å². The summed E-state index contributed by atoms with van der Waals surface area (Å²) in [6.45, 7) is 2.89. The quantitative estimate of drug-likeness (QED) is 0.301. The van der Waals surface area contributed by atoms with Gasteiger partial charge in [0.25, 0.3) is 10.1 Å². The van der Waals surface area contributed by atoms with Crippen molar-refractivity contribution in [3.63, 3.8) is 0 Å². The Kier molecular flexibility index (Phi) is 9.63. The van der Waals surface area contributed by atoms with E-state index in [1.54, 1.807) is 0 Å². The number of nitrogens with zero attached hydrogens (tertiary/aromatic N) is 1. The van der Waals surface area contributed by atoms with E-state index in [0.29, 0.717) is 6.61 Å². The minimum absolute atomic E-state index is 0.137. The van der Waals surface area contributed by atoms with Crippen LogP contribution in [0.4, 0.5) is 0 Å². The van der Waals surface area contributed by atoms with Crippen molar-refractivity contribution in [1.29, 1.82) is 0 Å². The lowest BCUT2D eigenvalue weighted by Crippen LogP contribution is -2.29. The van der Waals surface area contributed by atoms with Crippen LogP contribution >= 0.6 is 21.6 Å². The zero-order valence-corrected chi connectivity index (χ0v) is 18.2. The number of amidine groups is 1. The van der Waals surface area contributed by atoms with Crippen molar-refractivity contribution in [3.05, 3.63) is 29.8 Å². The smallest absolute Gasteiger partial charge is 0.299 e. The largest absolute Gasteiger partial charge is 0.494 e. The van der Waals surface area contributed by atoms with Crippen molar-refractivity contribution in [1.82, 2.24) is 5.32 Å². The summed E-state index contributed by atoms with van der Waals surface area (Å²) in [6, 6.07) is 7.34. The molecule has 0 bridgehead atoms. The first kappa shape index (κ1) is 23.1. The SMILES string of the molecule is CCCCCCCCOc1ccc(CC(=O)NC2=NC(S(=O)(=O)O)SS2)cc1. The van der Waals surface area contributed by atoms with Gasteiger partial charge in [0.1, 0.15) is 5.75 Å². The van der Waals surface area contributed by atoms with E-state index >= 15 is 0 Å². The third-order valence-corrected chi connectivity index (χ3v) is 8.03. The summed E-state index contributed by atoms with van der Waals surface area (Å²) in [5.74, 6) is 0.476. The lowest BCUT2D eigenvalue weighted by molar-refractivity contribution is -0.119. The summed E-state index contributed by atoms with van der Waals surface area (Å²) in [6.07, 6.45) is 7.43. The molecule has 0 fully saturated rings. The van der Waals surface area contributed by atoms with E-state index in [2.05, 4.69) is 17.2 Å². The van der Waals surface area contributed by atoms with Crippen molar-refractivity contribution in [2.75, 3.05) is 6.61 Å². The second-order valence-corrected chi connectivity index (χ2v) is 10.5. The molecule has 1 amide bonds. The van der Waals surface area contributed by atoms with Gasteiger partial charge in [-0.25, -0.2) is 4.99 Å². The monoisotopic (exact) mass is 446 g/mol. The number of rotatable bonds is 11. The van der Waals surface area contributed by atoms with Crippen LogP contribution in [-0.4, -0.2) is 35.4 Å². The Morgan fingerprint density at radius 1 is 1.18 bits per heavy atom. The second-order valence-electron chi connectivity index (χ2n) is 6.42. The summed E-state index contributed by atoms with van der Waals surface area (Å²) in [4.78, 5) is 15.8. The van der Waals surface area contributed by atoms with E-state index in [1.165, 1.54) is 32.1 Å². The van der Waals surface area contributed by atoms with Crippen molar-refractivity contribution in [2.24, 2.45) is 4.99 Å². The average molecular weight is 447 g/mol. The number of hydrogen-bond donors (Lipinski definition) is 2. The molecular weight excluding hydrogens is 420 g/mol. The zero-order valence-electron chi connectivity index (χ0n) is 15.8. The molecule has 0 aromatic heterocycles. The Morgan fingerprint density at radius 3 is 2.50 bits per heavy atom. The van der Waals surface area contributed by atoms with Gasteiger partial charge in [0.15, 0.2) is 5.17 Å². The molecule has 1 aromatic rings. The normalized spacial score (nSPS) is 16.6. The number of amides is 1. The van der Waals surface area contributed by atoms with Crippen LogP contribution in [0.2, 0.25) is 0 Å².